The maximum absolute atomic E-state index is 12.5. The van der Waals surface area contributed by atoms with Crippen molar-refractivity contribution in [1.82, 2.24) is 14.8 Å². The minimum absolute atomic E-state index is 0.136. The average molecular weight is 369 g/mol. The van der Waals surface area contributed by atoms with Gasteiger partial charge in [0.15, 0.2) is 0 Å². The van der Waals surface area contributed by atoms with Gasteiger partial charge in [0, 0.05) is 12.4 Å². The van der Waals surface area contributed by atoms with Crippen LogP contribution in [0.2, 0.25) is 0 Å². The summed E-state index contributed by atoms with van der Waals surface area (Å²) in [6.07, 6.45) is 8.45. The van der Waals surface area contributed by atoms with Crippen LogP contribution in [0, 0.1) is 0 Å². The predicted molar refractivity (Wildman–Crippen MR) is 96.3 cm³/mol. The quantitative estimate of drug-likeness (QED) is 0.858. The minimum atomic E-state index is -0.664. The Labute approximate surface area is 152 Å². The van der Waals surface area contributed by atoms with Crippen LogP contribution >= 0.6 is 11.3 Å². The van der Waals surface area contributed by atoms with Crippen LogP contribution in [0.5, 0.6) is 0 Å². The van der Waals surface area contributed by atoms with E-state index in [1.807, 2.05) is 6.08 Å². The Balaban J connectivity index is 1.58. The zero-order valence-corrected chi connectivity index (χ0v) is 14.7. The number of ether oxygens (including phenoxy) is 1. The van der Waals surface area contributed by atoms with Crippen molar-refractivity contribution in [3.63, 3.8) is 0 Å². The fraction of sp³-hybridized carbons (Fsp3) is 0.176. The number of carbonyl (C=O) groups is 2. The van der Waals surface area contributed by atoms with E-state index in [1.54, 1.807) is 25.0 Å². The molecule has 0 atom stereocenters. The fourth-order valence-electron chi connectivity index (χ4n) is 3.03. The number of nitrogens with zero attached hydrogens (tertiary/aromatic N) is 3. The van der Waals surface area contributed by atoms with Crippen LogP contribution in [0.3, 0.4) is 0 Å². The maximum Gasteiger partial charge on any atom is 0.275 e. The molecule has 0 saturated heterocycles. The van der Waals surface area contributed by atoms with Crippen molar-refractivity contribution in [3.8, 4) is 0 Å². The second kappa shape index (κ2) is 6.26. The van der Waals surface area contributed by atoms with Gasteiger partial charge in [-0.15, -0.1) is 11.3 Å². The van der Waals surface area contributed by atoms with Crippen molar-refractivity contribution >= 4 is 34.4 Å². The summed E-state index contributed by atoms with van der Waals surface area (Å²) in [7, 11) is 1.58. The lowest BCUT2D eigenvalue weighted by atomic mass is 10.1. The molecule has 0 fully saturated rings. The van der Waals surface area contributed by atoms with E-state index in [4.69, 9.17) is 10.5 Å². The van der Waals surface area contributed by atoms with Gasteiger partial charge in [-0.2, -0.15) is 5.10 Å². The van der Waals surface area contributed by atoms with E-state index >= 15 is 0 Å². The lowest BCUT2D eigenvalue weighted by molar-refractivity contribution is 0.0992. The molecule has 1 aliphatic heterocycles. The van der Waals surface area contributed by atoms with Gasteiger partial charge in [0.2, 0.25) is 0 Å². The van der Waals surface area contributed by atoms with Gasteiger partial charge in [0.05, 0.1) is 24.4 Å². The van der Waals surface area contributed by atoms with Gasteiger partial charge in [-0.1, -0.05) is 0 Å². The molecule has 4 rings (SSSR count). The van der Waals surface area contributed by atoms with Crippen molar-refractivity contribution in [1.29, 1.82) is 0 Å². The Morgan fingerprint density at radius 3 is 3.04 bits per heavy atom. The lowest BCUT2D eigenvalue weighted by Gasteiger charge is -2.06. The smallest absolute Gasteiger partial charge is 0.275 e. The highest BCUT2D eigenvalue weighted by atomic mass is 32.1. The molecule has 0 bridgehead atoms. The molecule has 2 amide bonds. The number of nitrogens with two attached hydrogens (primary N) is 1. The summed E-state index contributed by atoms with van der Waals surface area (Å²) in [5.41, 5.74) is 9.38. The molecule has 2 aromatic heterocycles. The third-order valence-electron chi connectivity index (χ3n) is 4.25. The monoisotopic (exact) mass is 369 g/mol. The van der Waals surface area contributed by atoms with Gasteiger partial charge in [-0.3, -0.25) is 14.3 Å². The molecule has 8 nitrogen and oxygen atoms in total. The van der Waals surface area contributed by atoms with Crippen LogP contribution in [-0.2, 0) is 11.8 Å². The standard InChI is InChI=1S/C17H15N5O3S/c1-22-14(15(18)23)12(6-19-22)20-16(24)13-8-26-17(21-13)11-3-2-9-7-25-5-4-10(9)11/h4-8H,2-3H2,1H3,(H2,18,23)(H,20,24). The average Bonchev–Trinajstić information content (AvgIpc) is 3.32. The highest BCUT2D eigenvalue weighted by Crippen LogP contribution is 2.40. The molecule has 2 aromatic rings. The van der Waals surface area contributed by atoms with Crippen molar-refractivity contribution in [3.05, 3.63) is 57.7 Å². The van der Waals surface area contributed by atoms with E-state index in [0.29, 0.717) is 0 Å². The van der Waals surface area contributed by atoms with Crippen LogP contribution in [-0.4, -0.2) is 26.6 Å². The molecule has 0 spiro atoms. The van der Waals surface area contributed by atoms with Crippen LogP contribution in [0.4, 0.5) is 5.69 Å². The van der Waals surface area contributed by atoms with Gasteiger partial charge in [-0.05, 0) is 35.6 Å². The number of aromatic nitrogens is 3. The molecule has 3 N–H and O–H groups in total. The highest BCUT2D eigenvalue weighted by molar-refractivity contribution is 7.11. The SMILES string of the molecule is Cn1ncc(NC(=O)c2csc(C3=C4C=COC=C4CC3)n2)c1C(N)=O. The number of thiazole rings is 1. The van der Waals surface area contributed by atoms with Gasteiger partial charge in [0.1, 0.15) is 16.4 Å². The largest absolute Gasteiger partial charge is 0.472 e. The number of allylic oxidation sites excluding steroid dienone is 4. The lowest BCUT2D eigenvalue weighted by Crippen LogP contribution is -2.20. The van der Waals surface area contributed by atoms with Gasteiger partial charge in [-0.25, -0.2) is 4.98 Å². The van der Waals surface area contributed by atoms with E-state index in [0.717, 1.165) is 34.6 Å². The molecule has 132 valence electrons. The summed E-state index contributed by atoms with van der Waals surface area (Å²) >= 11 is 1.41. The number of carbonyl (C=O) groups excluding carboxylic acids is 2. The van der Waals surface area contributed by atoms with Crippen LogP contribution in [0.25, 0.3) is 5.57 Å². The van der Waals surface area contributed by atoms with Gasteiger partial charge >= 0.3 is 0 Å². The molecule has 26 heavy (non-hydrogen) atoms. The Morgan fingerprint density at radius 1 is 1.38 bits per heavy atom. The van der Waals surface area contributed by atoms with Gasteiger partial charge < -0.3 is 15.8 Å². The number of anilines is 1. The molecule has 3 heterocycles. The summed E-state index contributed by atoms with van der Waals surface area (Å²) in [6.45, 7) is 0. The molecule has 1 aliphatic carbocycles. The normalized spacial score (nSPS) is 15.5. The molecule has 0 aromatic carbocycles. The zero-order valence-electron chi connectivity index (χ0n) is 13.9. The van der Waals surface area contributed by atoms with Crippen molar-refractivity contribution in [2.24, 2.45) is 12.8 Å². The number of aryl methyl sites for hydroxylation is 1. The van der Waals surface area contributed by atoms with Crippen molar-refractivity contribution in [2.45, 2.75) is 12.8 Å². The molecule has 0 unspecified atom stereocenters. The number of primary amides is 1. The van der Waals surface area contributed by atoms with Crippen molar-refractivity contribution < 1.29 is 14.3 Å². The predicted octanol–water partition coefficient (Wildman–Crippen LogP) is 2.20. The fourth-order valence-corrected chi connectivity index (χ4v) is 3.92. The van der Waals surface area contributed by atoms with Crippen LogP contribution in [0.15, 0.2) is 41.3 Å². The number of hydrogen-bond donors (Lipinski definition) is 2. The zero-order chi connectivity index (χ0) is 18.3. The third kappa shape index (κ3) is 2.72. The highest BCUT2D eigenvalue weighted by Gasteiger charge is 2.24. The van der Waals surface area contributed by atoms with E-state index in [-0.39, 0.29) is 17.1 Å². The first-order valence-corrected chi connectivity index (χ1v) is 8.76. The minimum Gasteiger partial charge on any atom is -0.472 e. The van der Waals surface area contributed by atoms with E-state index in [2.05, 4.69) is 15.4 Å². The Kier molecular flexibility index (Phi) is 3.92. The van der Waals surface area contributed by atoms with Gasteiger partial charge in [0.25, 0.3) is 11.8 Å². The van der Waals surface area contributed by atoms with E-state index < -0.39 is 11.8 Å². The Hall–Kier alpha value is -3.20. The summed E-state index contributed by atoms with van der Waals surface area (Å²) in [5, 5.41) is 9.10. The number of hydrogen-bond acceptors (Lipinski definition) is 6. The summed E-state index contributed by atoms with van der Waals surface area (Å²) < 4.78 is 6.53. The van der Waals surface area contributed by atoms with Crippen LogP contribution < -0.4 is 11.1 Å². The molecule has 2 aliphatic rings. The Bertz CT molecular complexity index is 1010. The summed E-state index contributed by atoms with van der Waals surface area (Å²) in [4.78, 5) is 28.5. The molecule has 9 heteroatoms. The second-order valence-electron chi connectivity index (χ2n) is 5.86. The first-order chi connectivity index (χ1) is 12.5. The third-order valence-corrected chi connectivity index (χ3v) is 5.16. The van der Waals surface area contributed by atoms with Crippen LogP contribution in [0.1, 0.15) is 38.8 Å². The number of nitrogens with one attached hydrogen (secondary N) is 1. The maximum atomic E-state index is 12.5. The topological polar surface area (TPSA) is 112 Å². The molecular formula is C17H15N5O3S. The summed E-state index contributed by atoms with van der Waals surface area (Å²) in [5.74, 6) is -1.08. The summed E-state index contributed by atoms with van der Waals surface area (Å²) in [6, 6.07) is 0. The number of fused-ring (bicyclic) bond motifs is 1. The second-order valence-corrected chi connectivity index (χ2v) is 6.72. The first-order valence-electron chi connectivity index (χ1n) is 7.88. The van der Waals surface area contributed by atoms with E-state index in [1.165, 1.54) is 22.2 Å². The molecule has 0 saturated carbocycles. The molecule has 0 radical (unpaired) electrons. The number of amides is 2. The molecular weight excluding hydrogens is 354 g/mol. The van der Waals surface area contributed by atoms with Crippen molar-refractivity contribution in [2.75, 3.05) is 5.32 Å². The number of rotatable bonds is 4. The van der Waals surface area contributed by atoms with E-state index in [9.17, 15) is 9.59 Å². The first kappa shape index (κ1) is 16.3. The Morgan fingerprint density at radius 2 is 2.23 bits per heavy atom.